The van der Waals surface area contributed by atoms with Crippen LogP contribution in [0.5, 0.6) is 0 Å². The largest absolute Gasteiger partial charge is 0.480 e. The number of carbonyl (C=O) groups is 3. The van der Waals surface area contributed by atoms with Crippen molar-refractivity contribution in [2.45, 2.75) is 19.4 Å². The summed E-state index contributed by atoms with van der Waals surface area (Å²) < 4.78 is 0. The summed E-state index contributed by atoms with van der Waals surface area (Å²) >= 11 is 0. The van der Waals surface area contributed by atoms with E-state index in [-0.39, 0.29) is 35.5 Å². The van der Waals surface area contributed by atoms with Gasteiger partial charge in [-0.05, 0) is 37.0 Å². The van der Waals surface area contributed by atoms with Gasteiger partial charge >= 0.3 is 5.97 Å². The minimum atomic E-state index is -1.12. The quantitative estimate of drug-likeness (QED) is 0.580. The highest BCUT2D eigenvalue weighted by Crippen LogP contribution is 2.65. The third-order valence-electron chi connectivity index (χ3n) is 5.44. The van der Waals surface area contributed by atoms with Crippen LogP contribution in [0.25, 0.3) is 0 Å². The van der Waals surface area contributed by atoms with Crippen LogP contribution in [0.1, 0.15) is 13.3 Å². The van der Waals surface area contributed by atoms with Gasteiger partial charge in [0.15, 0.2) is 0 Å². The topological polar surface area (TPSA) is 74.7 Å². The predicted molar refractivity (Wildman–Crippen MR) is 63.6 cm³/mol. The Hall–Kier alpha value is -1.65. The second-order valence-corrected chi connectivity index (χ2v) is 6.22. The highest BCUT2D eigenvalue weighted by atomic mass is 16.4. The van der Waals surface area contributed by atoms with Gasteiger partial charge in [-0.2, -0.15) is 0 Å². The van der Waals surface area contributed by atoms with Gasteiger partial charge in [0.1, 0.15) is 6.04 Å². The third-order valence-corrected chi connectivity index (χ3v) is 5.44. The molecule has 0 aromatic carbocycles. The number of rotatable bonds is 2. The Morgan fingerprint density at radius 1 is 1.21 bits per heavy atom. The van der Waals surface area contributed by atoms with E-state index in [4.69, 9.17) is 5.11 Å². The van der Waals surface area contributed by atoms with Crippen molar-refractivity contribution in [2.75, 3.05) is 0 Å². The Kier molecular flexibility index (Phi) is 1.92. The number of carboxylic acids is 1. The average molecular weight is 261 g/mol. The van der Waals surface area contributed by atoms with Crippen molar-refractivity contribution >= 4 is 17.8 Å². The van der Waals surface area contributed by atoms with E-state index in [0.29, 0.717) is 11.8 Å². The average Bonchev–Trinajstić information content (AvgIpc) is 3.14. The highest BCUT2D eigenvalue weighted by Gasteiger charge is 2.67. The summed E-state index contributed by atoms with van der Waals surface area (Å²) in [6.45, 7) is 1.41. The molecule has 1 heterocycles. The zero-order valence-electron chi connectivity index (χ0n) is 10.5. The molecule has 3 fully saturated rings. The van der Waals surface area contributed by atoms with Crippen LogP contribution in [0, 0.1) is 35.5 Å². The molecule has 2 saturated carbocycles. The number of carboxylic acid groups (broad SMARTS) is 1. The maximum Gasteiger partial charge on any atom is 0.326 e. The van der Waals surface area contributed by atoms with E-state index >= 15 is 0 Å². The van der Waals surface area contributed by atoms with E-state index in [9.17, 15) is 14.4 Å². The lowest BCUT2D eigenvalue weighted by Gasteiger charge is -2.37. The molecule has 4 aliphatic carbocycles. The molecule has 1 N–H and O–H groups in total. The van der Waals surface area contributed by atoms with Gasteiger partial charge < -0.3 is 5.11 Å². The van der Waals surface area contributed by atoms with E-state index < -0.39 is 12.0 Å². The van der Waals surface area contributed by atoms with Crippen molar-refractivity contribution in [3.63, 3.8) is 0 Å². The molecule has 5 rings (SSSR count). The number of aliphatic carboxylic acids is 1. The molecule has 19 heavy (non-hydrogen) atoms. The second kappa shape index (κ2) is 3.26. The lowest BCUT2D eigenvalue weighted by atomic mass is 9.63. The molecule has 1 aliphatic heterocycles. The first-order valence-corrected chi connectivity index (χ1v) is 6.80. The number of carbonyl (C=O) groups excluding carboxylic acids is 2. The normalized spacial score (nSPS) is 47.1. The van der Waals surface area contributed by atoms with Gasteiger partial charge in [-0.3, -0.25) is 14.5 Å². The Labute approximate surface area is 110 Å². The number of nitrogens with zero attached hydrogens (tertiary/aromatic N) is 1. The molecule has 5 aliphatic rings. The molecule has 1 saturated heterocycles. The zero-order valence-corrected chi connectivity index (χ0v) is 10.5. The van der Waals surface area contributed by atoms with Crippen molar-refractivity contribution in [3.8, 4) is 0 Å². The Balaban J connectivity index is 1.74. The molecule has 2 bridgehead atoms. The summed E-state index contributed by atoms with van der Waals surface area (Å²) in [5, 5.41) is 9.06. The van der Waals surface area contributed by atoms with Crippen LogP contribution in [-0.4, -0.2) is 33.8 Å². The van der Waals surface area contributed by atoms with E-state index in [1.165, 1.54) is 6.92 Å². The smallest absolute Gasteiger partial charge is 0.326 e. The van der Waals surface area contributed by atoms with Crippen molar-refractivity contribution in [2.24, 2.45) is 35.5 Å². The van der Waals surface area contributed by atoms with Gasteiger partial charge in [-0.15, -0.1) is 0 Å². The molecule has 0 spiro atoms. The van der Waals surface area contributed by atoms with Gasteiger partial charge in [0, 0.05) is 0 Å². The van der Waals surface area contributed by atoms with Crippen molar-refractivity contribution in [1.82, 2.24) is 4.90 Å². The van der Waals surface area contributed by atoms with Crippen LogP contribution < -0.4 is 0 Å². The monoisotopic (exact) mass is 261 g/mol. The standard InChI is InChI=1S/C14H15NO4/c1-5(14(18)19)15-12(16)10-6-2-3-7(9-4-8(6)9)11(10)13(15)17/h2-3,5-11H,4H2,1H3,(H,18,19)/t5-,6-,7-,8-,9+,10+,11-/m1/s1. The summed E-state index contributed by atoms with van der Waals surface area (Å²) in [4.78, 5) is 37.0. The van der Waals surface area contributed by atoms with Crippen molar-refractivity contribution in [1.29, 1.82) is 0 Å². The molecule has 0 unspecified atom stereocenters. The SMILES string of the molecule is C[C@H](C(=O)O)N1C(=O)[C@@H]2[C@@H]3C=C[C@H]([C@H]4C[C@@H]34)[C@@H]2C1=O. The lowest BCUT2D eigenvalue weighted by Crippen LogP contribution is -2.43. The molecule has 0 aromatic rings. The molecule has 100 valence electrons. The van der Waals surface area contributed by atoms with E-state index in [2.05, 4.69) is 12.2 Å². The number of allylic oxidation sites excluding steroid dienone is 2. The van der Waals surface area contributed by atoms with E-state index in [1.807, 2.05) is 0 Å². The number of hydrogen-bond donors (Lipinski definition) is 1. The van der Waals surface area contributed by atoms with Gasteiger partial charge in [0.2, 0.25) is 11.8 Å². The van der Waals surface area contributed by atoms with Crippen LogP contribution >= 0.6 is 0 Å². The van der Waals surface area contributed by atoms with Gasteiger partial charge in [-0.1, -0.05) is 12.2 Å². The van der Waals surface area contributed by atoms with Gasteiger partial charge in [-0.25, -0.2) is 4.79 Å². The highest BCUT2D eigenvalue weighted by molar-refractivity contribution is 6.08. The maximum atomic E-state index is 12.5. The fourth-order valence-electron chi connectivity index (χ4n) is 4.47. The minimum absolute atomic E-state index is 0.155. The van der Waals surface area contributed by atoms with Crippen molar-refractivity contribution in [3.05, 3.63) is 12.2 Å². The third kappa shape index (κ3) is 1.18. The molecule has 5 nitrogen and oxygen atoms in total. The Morgan fingerprint density at radius 2 is 1.68 bits per heavy atom. The summed E-state index contributed by atoms with van der Waals surface area (Å²) in [6, 6.07) is -1.05. The fraction of sp³-hybridized carbons (Fsp3) is 0.643. The molecule has 2 amide bonds. The molecular formula is C14H15NO4. The summed E-state index contributed by atoms with van der Waals surface area (Å²) in [7, 11) is 0. The van der Waals surface area contributed by atoms with E-state index in [1.54, 1.807) is 0 Å². The van der Waals surface area contributed by atoms with Crippen LogP contribution in [-0.2, 0) is 14.4 Å². The van der Waals surface area contributed by atoms with Crippen LogP contribution in [0.15, 0.2) is 12.2 Å². The maximum absolute atomic E-state index is 12.5. The summed E-state index contributed by atoms with van der Waals surface area (Å²) in [5.41, 5.74) is 0. The molecule has 0 radical (unpaired) electrons. The summed E-state index contributed by atoms with van der Waals surface area (Å²) in [6.07, 6.45) is 5.28. The number of imide groups is 1. The Bertz CT molecular complexity index is 504. The molecule has 7 atom stereocenters. The van der Waals surface area contributed by atoms with Crippen LogP contribution in [0.3, 0.4) is 0 Å². The summed E-state index contributed by atoms with van der Waals surface area (Å²) in [5.74, 6) is -0.845. The van der Waals surface area contributed by atoms with Gasteiger partial charge in [0.05, 0.1) is 11.8 Å². The van der Waals surface area contributed by atoms with Crippen molar-refractivity contribution < 1.29 is 19.5 Å². The number of likely N-dealkylation sites (tertiary alicyclic amines) is 1. The van der Waals surface area contributed by atoms with Gasteiger partial charge in [0.25, 0.3) is 0 Å². The first-order valence-electron chi connectivity index (χ1n) is 6.80. The zero-order chi connectivity index (χ0) is 13.5. The molecule has 0 aromatic heterocycles. The second-order valence-electron chi connectivity index (χ2n) is 6.22. The predicted octanol–water partition coefficient (Wildman–Crippen LogP) is 0.513. The van der Waals surface area contributed by atoms with Crippen LogP contribution in [0.2, 0.25) is 0 Å². The molecule has 5 heteroatoms. The fourth-order valence-corrected chi connectivity index (χ4v) is 4.47. The first-order chi connectivity index (χ1) is 9.02. The lowest BCUT2D eigenvalue weighted by molar-refractivity contribution is -0.154. The number of hydrogen-bond acceptors (Lipinski definition) is 3. The number of amides is 2. The Morgan fingerprint density at radius 3 is 2.11 bits per heavy atom. The molecular weight excluding hydrogens is 246 g/mol. The minimum Gasteiger partial charge on any atom is -0.480 e. The van der Waals surface area contributed by atoms with E-state index in [0.717, 1.165) is 11.3 Å². The van der Waals surface area contributed by atoms with Crippen LogP contribution in [0.4, 0.5) is 0 Å². The first kappa shape index (κ1) is 11.2.